The summed E-state index contributed by atoms with van der Waals surface area (Å²) in [5.41, 5.74) is 2.69. The summed E-state index contributed by atoms with van der Waals surface area (Å²) in [5.74, 6) is 0.443. The molecule has 4 heteroatoms. The maximum atomic E-state index is 13.2. The average molecular weight is 348 g/mol. The second-order valence-corrected chi connectivity index (χ2v) is 6.48. The topological polar surface area (TPSA) is 33.2 Å². The maximum Gasteiger partial charge on any atom is 0.259 e. The van der Waals surface area contributed by atoms with Crippen molar-refractivity contribution in [3.05, 3.63) is 95.4 Å². The Labute approximate surface area is 153 Å². The van der Waals surface area contributed by atoms with Gasteiger partial charge in [-0.05, 0) is 53.4 Å². The van der Waals surface area contributed by atoms with Gasteiger partial charge in [-0.15, -0.1) is 0 Å². The Hall–Kier alpha value is -3.01. The fourth-order valence-corrected chi connectivity index (χ4v) is 2.71. The van der Waals surface area contributed by atoms with Crippen molar-refractivity contribution in [1.29, 1.82) is 0 Å². The quantitative estimate of drug-likeness (QED) is 0.635. The van der Waals surface area contributed by atoms with Gasteiger partial charge in [-0.25, -0.2) is 9.37 Å². The molecular weight excluding hydrogens is 327 g/mol. The fourth-order valence-electron chi connectivity index (χ4n) is 2.71. The molecule has 1 aromatic heterocycles. The van der Waals surface area contributed by atoms with Crippen LogP contribution in [0.15, 0.2) is 72.9 Å². The van der Waals surface area contributed by atoms with Gasteiger partial charge in [0.1, 0.15) is 11.6 Å². The highest BCUT2D eigenvalue weighted by Crippen LogP contribution is 2.20. The van der Waals surface area contributed by atoms with Crippen LogP contribution in [0, 0.1) is 5.82 Å². The summed E-state index contributed by atoms with van der Waals surface area (Å²) >= 11 is 0. The average Bonchev–Trinajstić information content (AvgIpc) is 2.67. The van der Waals surface area contributed by atoms with E-state index in [0.29, 0.717) is 23.8 Å². The van der Waals surface area contributed by atoms with Crippen LogP contribution in [0.4, 0.5) is 10.2 Å². The predicted molar refractivity (Wildman–Crippen MR) is 102 cm³/mol. The van der Waals surface area contributed by atoms with Crippen LogP contribution >= 0.6 is 0 Å². The number of aromatic nitrogens is 1. The van der Waals surface area contributed by atoms with E-state index in [1.54, 1.807) is 17.2 Å². The highest BCUT2D eigenvalue weighted by atomic mass is 19.1. The van der Waals surface area contributed by atoms with Gasteiger partial charge < -0.3 is 0 Å². The minimum atomic E-state index is -0.366. The van der Waals surface area contributed by atoms with E-state index < -0.39 is 0 Å². The highest BCUT2D eigenvalue weighted by molar-refractivity contribution is 6.05. The van der Waals surface area contributed by atoms with Crippen LogP contribution in [-0.4, -0.2) is 10.9 Å². The molecule has 26 heavy (non-hydrogen) atoms. The first-order valence-corrected chi connectivity index (χ1v) is 8.62. The van der Waals surface area contributed by atoms with Crippen LogP contribution in [0.3, 0.4) is 0 Å². The van der Waals surface area contributed by atoms with Crippen LogP contribution < -0.4 is 4.90 Å². The number of nitrogens with zero attached hydrogens (tertiary/aromatic N) is 2. The second kappa shape index (κ2) is 7.91. The smallest absolute Gasteiger partial charge is 0.259 e. The summed E-state index contributed by atoms with van der Waals surface area (Å²) in [7, 11) is 0. The lowest BCUT2D eigenvalue weighted by Crippen LogP contribution is -2.31. The molecule has 0 aliphatic carbocycles. The Morgan fingerprint density at radius 1 is 1.00 bits per heavy atom. The molecule has 0 aliphatic heterocycles. The van der Waals surface area contributed by atoms with Gasteiger partial charge in [0.15, 0.2) is 0 Å². The number of hydrogen-bond acceptors (Lipinski definition) is 2. The number of pyridine rings is 1. The Bertz CT molecular complexity index is 859. The molecule has 0 N–H and O–H groups in total. The number of carbonyl (C=O) groups is 1. The number of rotatable bonds is 5. The van der Waals surface area contributed by atoms with Crippen LogP contribution in [0.1, 0.15) is 41.3 Å². The summed E-state index contributed by atoms with van der Waals surface area (Å²) in [6, 6.07) is 19.2. The molecule has 0 radical (unpaired) electrons. The van der Waals surface area contributed by atoms with Gasteiger partial charge >= 0.3 is 0 Å². The maximum absolute atomic E-state index is 13.2. The van der Waals surface area contributed by atoms with Crippen molar-refractivity contribution in [3.63, 3.8) is 0 Å². The van der Waals surface area contributed by atoms with Gasteiger partial charge in [0.2, 0.25) is 0 Å². The molecule has 0 saturated carbocycles. The lowest BCUT2D eigenvalue weighted by Gasteiger charge is -2.22. The number of carbonyl (C=O) groups excluding carboxylic acids is 1. The minimum absolute atomic E-state index is 0.211. The number of amides is 1. The van der Waals surface area contributed by atoms with Gasteiger partial charge in [0.25, 0.3) is 5.91 Å². The van der Waals surface area contributed by atoms with Crippen molar-refractivity contribution < 1.29 is 9.18 Å². The van der Waals surface area contributed by atoms with E-state index in [-0.39, 0.29) is 11.7 Å². The molecule has 3 rings (SSSR count). The molecule has 132 valence electrons. The third-order valence-corrected chi connectivity index (χ3v) is 4.25. The third kappa shape index (κ3) is 4.14. The zero-order valence-electron chi connectivity index (χ0n) is 14.9. The van der Waals surface area contributed by atoms with Gasteiger partial charge in [-0.1, -0.05) is 44.2 Å². The van der Waals surface area contributed by atoms with E-state index in [9.17, 15) is 9.18 Å². The van der Waals surface area contributed by atoms with Crippen molar-refractivity contribution in [2.45, 2.75) is 26.3 Å². The van der Waals surface area contributed by atoms with E-state index in [0.717, 1.165) is 5.56 Å². The van der Waals surface area contributed by atoms with E-state index in [4.69, 9.17) is 0 Å². The number of hydrogen-bond donors (Lipinski definition) is 0. The van der Waals surface area contributed by atoms with Crippen molar-refractivity contribution in [3.8, 4) is 0 Å². The second-order valence-electron chi connectivity index (χ2n) is 6.48. The van der Waals surface area contributed by atoms with Crippen molar-refractivity contribution in [2.75, 3.05) is 4.90 Å². The lowest BCUT2D eigenvalue weighted by molar-refractivity contribution is 0.0984. The lowest BCUT2D eigenvalue weighted by atomic mass is 10.0. The van der Waals surface area contributed by atoms with Crippen molar-refractivity contribution in [1.82, 2.24) is 4.98 Å². The Morgan fingerprint density at radius 2 is 1.69 bits per heavy atom. The number of benzene rings is 2. The molecule has 1 heterocycles. The van der Waals surface area contributed by atoms with Crippen LogP contribution in [0.2, 0.25) is 0 Å². The van der Waals surface area contributed by atoms with Crippen molar-refractivity contribution >= 4 is 11.7 Å². The van der Waals surface area contributed by atoms with E-state index in [1.807, 2.05) is 24.3 Å². The highest BCUT2D eigenvalue weighted by Gasteiger charge is 2.19. The third-order valence-electron chi connectivity index (χ3n) is 4.25. The molecule has 0 atom stereocenters. The van der Waals surface area contributed by atoms with Gasteiger partial charge in [0.05, 0.1) is 6.54 Å². The van der Waals surface area contributed by atoms with E-state index in [1.165, 1.54) is 29.8 Å². The van der Waals surface area contributed by atoms with Crippen LogP contribution in [-0.2, 0) is 6.54 Å². The first-order chi connectivity index (χ1) is 12.5. The van der Waals surface area contributed by atoms with E-state index in [2.05, 4.69) is 31.0 Å². The molecule has 0 aliphatic rings. The first-order valence-electron chi connectivity index (χ1n) is 8.62. The zero-order chi connectivity index (χ0) is 18.5. The molecule has 3 nitrogen and oxygen atoms in total. The monoisotopic (exact) mass is 348 g/mol. The normalized spacial score (nSPS) is 10.8. The molecule has 0 bridgehead atoms. The minimum Gasteiger partial charge on any atom is -0.288 e. The molecule has 0 unspecified atom stereocenters. The summed E-state index contributed by atoms with van der Waals surface area (Å²) in [4.78, 5) is 18.9. The zero-order valence-corrected chi connectivity index (χ0v) is 14.9. The SMILES string of the molecule is CC(C)c1ccc(CN(C(=O)c2ccc(F)cc2)c2ccccn2)cc1. The van der Waals surface area contributed by atoms with Gasteiger partial charge in [0, 0.05) is 11.8 Å². The molecular formula is C22H21FN2O. The molecule has 0 spiro atoms. The van der Waals surface area contributed by atoms with Crippen molar-refractivity contribution in [2.24, 2.45) is 0 Å². The molecule has 3 aromatic rings. The number of anilines is 1. The fraction of sp³-hybridized carbons (Fsp3) is 0.182. The standard InChI is InChI=1S/C22H21FN2O/c1-16(2)18-8-6-17(7-9-18)15-25(21-5-3-4-14-24-21)22(26)19-10-12-20(23)13-11-19/h3-14,16H,15H2,1-2H3. The Balaban J connectivity index is 1.91. The molecule has 1 amide bonds. The summed E-state index contributed by atoms with van der Waals surface area (Å²) in [6.45, 7) is 4.69. The summed E-state index contributed by atoms with van der Waals surface area (Å²) in [6.07, 6.45) is 1.65. The molecule has 2 aromatic carbocycles. The Kier molecular flexibility index (Phi) is 5.42. The van der Waals surface area contributed by atoms with E-state index >= 15 is 0 Å². The molecule has 0 saturated heterocycles. The van der Waals surface area contributed by atoms with Crippen LogP contribution in [0.5, 0.6) is 0 Å². The van der Waals surface area contributed by atoms with Gasteiger partial charge in [-0.2, -0.15) is 0 Å². The number of halogens is 1. The first kappa shape index (κ1) is 17.8. The summed E-state index contributed by atoms with van der Waals surface area (Å²) < 4.78 is 13.2. The largest absolute Gasteiger partial charge is 0.288 e. The predicted octanol–water partition coefficient (Wildman–Crippen LogP) is 5.19. The van der Waals surface area contributed by atoms with Crippen LogP contribution in [0.25, 0.3) is 0 Å². The Morgan fingerprint density at radius 3 is 2.27 bits per heavy atom. The molecule has 0 fully saturated rings. The van der Waals surface area contributed by atoms with Gasteiger partial charge in [-0.3, -0.25) is 9.69 Å². The summed E-state index contributed by atoms with van der Waals surface area (Å²) in [5, 5.41) is 0.